The summed E-state index contributed by atoms with van der Waals surface area (Å²) in [6, 6.07) is 12.7. The van der Waals surface area contributed by atoms with E-state index in [2.05, 4.69) is 38.8 Å². The van der Waals surface area contributed by atoms with Gasteiger partial charge in [0.05, 0.1) is 24.0 Å². The zero-order chi connectivity index (χ0) is 24.1. The molecule has 2 atom stereocenters. The van der Waals surface area contributed by atoms with Crippen molar-refractivity contribution in [2.24, 2.45) is 14.1 Å². The van der Waals surface area contributed by atoms with Crippen LogP contribution in [0.3, 0.4) is 0 Å². The molecule has 0 saturated carbocycles. The number of amides is 1. The van der Waals surface area contributed by atoms with Crippen molar-refractivity contribution in [1.29, 1.82) is 5.26 Å². The Hall–Kier alpha value is -4.29. The standard InChI is InChI=1S/C25H26N8O/c1-17(19-6-4-18(10-26)5-7-19)11-28-24(22-14-30-33(3)16-22)25(34)31-23-9-8-20(12-27-23)21-13-29-32(2)15-21/h4-9,12-17,24,28H,11H2,1-3H3,(H,27,31,34). The van der Waals surface area contributed by atoms with Gasteiger partial charge in [-0.25, -0.2) is 4.98 Å². The van der Waals surface area contributed by atoms with Gasteiger partial charge in [0.25, 0.3) is 0 Å². The van der Waals surface area contributed by atoms with Crippen molar-refractivity contribution in [1.82, 2.24) is 29.9 Å². The maximum absolute atomic E-state index is 13.2. The summed E-state index contributed by atoms with van der Waals surface area (Å²) in [5, 5.41) is 23.7. The number of benzene rings is 1. The van der Waals surface area contributed by atoms with Crippen LogP contribution in [0.15, 0.2) is 67.4 Å². The van der Waals surface area contributed by atoms with E-state index < -0.39 is 6.04 Å². The van der Waals surface area contributed by atoms with Crippen LogP contribution in [-0.2, 0) is 18.9 Å². The summed E-state index contributed by atoms with van der Waals surface area (Å²) >= 11 is 0. The maximum Gasteiger partial charge on any atom is 0.247 e. The molecule has 0 aliphatic carbocycles. The monoisotopic (exact) mass is 454 g/mol. The molecule has 1 amide bonds. The summed E-state index contributed by atoms with van der Waals surface area (Å²) in [5.74, 6) is 0.381. The van der Waals surface area contributed by atoms with Crippen LogP contribution >= 0.6 is 0 Å². The first-order valence-corrected chi connectivity index (χ1v) is 10.9. The van der Waals surface area contributed by atoms with E-state index in [1.807, 2.05) is 44.7 Å². The number of nitriles is 1. The van der Waals surface area contributed by atoms with Gasteiger partial charge in [0.2, 0.25) is 5.91 Å². The molecule has 4 aromatic rings. The maximum atomic E-state index is 13.2. The second-order valence-corrected chi connectivity index (χ2v) is 8.25. The number of nitrogens with one attached hydrogen (secondary N) is 2. The van der Waals surface area contributed by atoms with Gasteiger partial charge < -0.3 is 10.6 Å². The first kappa shape index (κ1) is 22.9. The molecule has 4 rings (SSSR count). The fourth-order valence-electron chi connectivity index (χ4n) is 3.66. The Bertz CT molecular complexity index is 1300. The molecule has 0 fully saturated rings. The van der Waals surface area contributed by atoms with Gasteiger partial charge in [-0.1, -0.05) is 19.1 Å². The van der Waals surface area contributed by atoms with Crippen LogP contribution in [0.1, 0.15) is 35.6 Å². The highest BCUT2D eigenvalue weighted by Gasteiger charge is 2.23. The Morgan fingerprint density at radius 1 is 0.971 bits per heavy atom. The van der Waals surface area contributed by atoms with Crippen molar-refractivity contribution in [3.8, 4) is 17.2 Å². The third-order valence-corrected chi connectivity index (χ3v) is 5.61. The lowest BCUT2D eigenvalue weighted by molar-refractivity contribution is -0.118. The van der Waals surface area contributed by atoms with Crippen molar-refractivity contribution >= 4 is 11.7 Å². The second-order valence-electron chi connectivity index (χ2n) is 8.25. The number of carbonyl (C=O) groups is 1. The fraction of sp³-hybridized carbons (Fsp3) is 0.240. The molecule has 0 radical (unpaired) electrons. The molecule has 9 heteroatoms. The van der Waals surface area contributed by atoms with E-state index in [1.54, 1.807) is 46.2 Å². The van der Waals surface area contributed by atoms with Gasteiger partial charge in [0.1, 0.15) is 11.9 Å². The molecule has 2 unspecified atom stereocenters. The van der Waals surface area contributed by atoms with E-state index in [1.165, 1.54) is 0 Å². The van der Waals surface area contributed by atoms with Crippen molar-refractivity contribution in [2.45, 2.75) is 18.9 Å². The summed E-state index contributed by atoms with van der Waals surface area (Å²) in [6.45, 7) is 2.64. The molecule has 34 heavy (non-hydrogen) atoms. The average Bonchev–Trinajstić information content (AvgIpc) is 3.48. The summed E-state index contributed by atoms with van der Waals surface area (Å²) in [7, 11) is 3.68. The molecule has 0 bridgehead atoms. The molecule has 172 valence electrons. The minimum absolute atomic E-state index is 0.136. The van der Waals surface area contributed by atoms with E-state index in [9.17, 15) is 4.79 Å². The van der Waals surface area contributed by atoms with Gasteiger partial charge in [0, 0.05) is 55.9 Å². The lowest BCUT2D eigenvalue weighted by Gasteiger charge is -2.20. The normalized spacial score (nSPS) is 12.6. The largest absolute Gasteiger partial charge is 0.309 e. The molecular formula is C25H26N8O. The Balaban J connectivity index is 1.45. The number of aromatic nitrogens is 5. The predicted octanol–water partition coefficient (Wildman–Crippen LogP) is 3.16. The van der Waals surface area contributed by atoms with E-state index in [-0.39, 0.29) is 11.8 Å². The van der Waals surface area contributed by atoms with E-state index in [0.717, 1.165) is 22.3 Å². The van der Waals surface area contributed by atoms with Gasteiger partial charge in [-0.2, -0.15) is 15.5 Å². The van der Waals surface area contributed by atoms with Crippen LogP contribution in [0.4, 0.5) is 5.82 Å². The molecule has 0 spiro atoms. The fourth-order valence-corrected chi connectivity index (χ4v) is 3.66. The Morgan fingerprint density at radius 3 is 2.29 bits per heavy atom. The van der Waals surface area contributed by atoms with Gasteiger partial charge in [0.15, 0.2) is 0 Å². The third-order valence-electron chi connectivity index (χ3n) is 5.61. The highest BCUT2D eigenvalue weighted by Crippen LogP contribution is 2.21. The van der Waals surface area contributed by atoms with E-state index in [4.69, 9.17) is 5.26 Å². The zero-order valence-electron chi connectivity index (χ0n) is 19.3. The van der Waals surface area contributed by atoms with Crippen LogP contribution < -0.4 is 10.6 Å². The Kier molecular flexibility index (Phi) is 6.80. The molecule has 1 aromatic carbocycles. The van der Waals surface area contributed by atoms with Gasteiger partial charge in [-0.3, -0.25) is 14.2 Å². The summed E-state index contributed by atoms with van der Waals surface area (Å²) in [5.41, 5.74) is 4.35. The average molecular weight is 455 g/mol. The highest BCUT2D eigenvalue weighted by molar-refractivity contribution is 5.94. The molecule has 9 nitrogen and oxygen atoms in total. The van der Waals surface area contributed by atoms with Crippen LogP contribution in [0.2, 0.25) is 0 Å². The molecule has 0 saturated heterocycles. The first-order valence-electron chi connectivity index (χ1n) is 10.9. The zero-order valence-corrected chi connectivity index (χ0v) is 19.3. The van der Waals surface area contributed by atoms with Gasteiger partial charge in [-0.15, -0.1) is 0 Å². The minimum atomic E-state index is -0.602. The number of hydrogen-bond donors (Lipinski definition) is 2. The van der Waals surface area contributed by atoms with Gasteiger partial charge in [-0.05, 0) is 35.7 Å². The summed E-state index contributed by atoms with van der Waals surface area (Å²) in [6.07, 6.45) is 8.90. The SMILES string of the molecule is CC(CNC(C(=O)Nc1ccc(-c2cnn(C)c2)cn1)c1cnn(C)c1)c1ccc(C#N)cc1. The third kappa shape index (κ3) is 5.36. The second kappa shape index (κ2) is 10.1. The van der Waals surface area contributed by atoms with Crippen LogP contribution in [-0.4, -0.2) is 37.0 Å². The molecule has 0 aliphatic rings. The number of rotatable bonds is 8. The van der Waals surface area contributed by atoms with Crippen molar-refractivity contribution in [3.63, 3.8) is 0 Å². The number of pyridine rings is 1. The number of aryl methyl sites for hydroxylation is 2. The quantitative estimate of drug-likeness (QED) is 0.423. The van der Waals surface area contributed by atoms with Crippen molar-refractivity contribution < 1.29 is 4.79 Å². The van der Waals surface area contributed by atoms with Gasteiger partial charge >= 0.3 is 0 Å². The molecule has 2 N–H and O–H groups in total. The Labute approximate surface area is 198 Å². The molecular weight excluding hydrogens is 428 g/mol. The van der Waals surface area contributed by atoms with Crippen molar-refractivity contribution in [3.05, 3.63) is 84.1 Å². The molecule has 3 aromatic heterocycles. The van der Waals surface area contributed by atoms with E-state index >= 15 is 0 Å². The van der Waals surface area contributed by atoms with Crippen LogP contribution in [0, 0.1) is 11.3 Å². The number of anilines is 1. The number of carbonyl (C=O) groups excluding carboxylic acids is 1. The first-order chi connectivity index (χ1) is 16.4. The van der Waals surface area contributed by atoms with Crippen LogP contribution in [0.5, 0.6) is 0 Å². The lowest BCUT2D eigenvalue weighted by atomic mass is 9.99. The molecule has 0 aliphatic heterocycles. The topological polar surface area (TPSA) is 113 Å². The summed E-state index contributed by atoms with van der Waals surface area (Å²) in [4.78, 5) is 17.6. The minimum Gasteiger partial charge on any atom is -0.309 e. The predicted molar refractivity (Wildman–Crippen MR) is 129 cm³/mol. The van der Waals surface area contributed by atoms with Crippen molar-refractivity contribution in [2.75, 3.05) is 11.9 Å². The Morgan fingerprint density at radius 2 is 1.71 bits per heavy atom. The van der Waals surface area contributed by atoms with Crippen LogP contribution in [0.25, 0.3) is 11.1 Å². The smallest absolute Gasteiger partial charge is 0.247 e. The summed E-state index contributed by atoms with van der Waals surface area (Å²) < 4.78 is 3.40. The highest BCUT2D eigenvalue weighted by atomic mass is 16.2. The number of nitrogens with zero attached hydrogens (tertiary/aromatic N) is 6. The lowest BCUT2D eigenvalue weighted by Crippen LogP contribution is -2.35. The molecule has 3 heterocycles. The number of hydrogen-bond acceptors (Lipinski definition) is 6. The van der Waals surface area contributed by atoms with E-state index in [0.29, 0.717) is 17.9 Å².